The van der Waals surface area contributed by atoms with Crippen molar-refractivity contribution in [3.63, 3.8) is 0 Å². The van der Waals surface area contributed by atoms with E-state index in [1.54, 1.807) is 0 Å². The minimum absolute atomic E-state index is 0.599. The van der Waals surface area contributed by atoms with Crippen LogP contribution in [0.2, 0.25) is 0 Å². The van der Waals surface area contributed by atoms with Crippen LogP contribution in [-0.2, 0) is 13.0 Å². The van der Waals surface area contributed by atoms with Gasteiger partial charge in [-0.25, -0.2) is 0 Å². The molecule has 2 aromatic heterocycles. The molecule has 5 aromatic rings. The summed E-state index contributed by atoms with van der Waals surface area (Å²) in [5, 5.41) is 3.52. The van der Waals surface area contributed by atoms with Gasteiger partial charge in [0, 0.05) is 53.6 Å². The molecule has 0 radical (unpaired) electrons. The predicted octanol–water partition coefficient (Wildman–Crippen LogP) is 7.91. The Morgan fingerprint density at radius 1 is 0.907 bits per heavy atom. The molecular weight excluding hydrogens is 526 g/mol. The molecule has 0 atom stereocenters. The van der Waals surface area contributed by atoms with Crippen molar-refractivity contribution in [3.05, 3.63) is 120 Å². The van der Waals surface area contributed by atoms with Gasteiger partial charge in [-0.2, -0.15) is 0 Å². The highest BCUT2D eigenvalue weighted by atomic mass is 16.5. The second-order valence-electron chi connectivity index (χ2n) is 11.0. The van der Waals surface area contributed by atoms with E-state index < -0.39 is 0 Å². The first-order chi connectivity index (χ1) is 21.1. The number of rotatable bonds is 13. The van der Waals surface area contributed by atoms with Crippen LogP contribution < -0.4 is 15.2 Å². The van der Waals surface area contributed by atoms with Crippen molar-refractivity contribution < 1.29 is 4.74 Å². The fourth-order valence-electron chi connectivity index (χ4n) is 5.91. The lowest BCUT2D eigenvalue weighted by molar-refractivity contribution is 0.265. The van der Waals surface area contributed by atoms with E-state index in [4.69, 9.17) is 4.74 Å². The maximum absolute atomic E-state index is 6.58. The molecule has 0 saturated carbocycles. The zero-order valence-electron chi connectivity index (χ0n) is 25.8. The zero-order valence-corrected chi connectivity index (χ0v) is 25.8. The van der Waals surface area contributed by atoms with Crippen molar-refractivity contribution in [2.75, 3.05) is 19.7 Å². The van der Waals surface area contributed by atoms with E-state index in [0.717, 1.165) is 66.7 Å². The van der Waals surface area contributed by atoms with Gasteiger partial charge in [-0.15, -0.1) is 0 Å². The van der Waals surface area contributed by atoms with Crippen LogP contribution in [0.5, 0.6) is 5.75 Å². The highest BCUT2D eigenvalue weighted by molar-refractivity contribution is 5.96. The summed E-state index contributed by atoms with van der Waals surface area (Å²) in [6.07, 6.45) is 15.0. The van der Waals surface area contributed by atoms with Crippen LogP contribution >= 0.6 is 0 Å². The van der Waals surface area contributed by atoms with E-state index >= 15 is 0 Å². The van der Waals surface area contributed by atoms with Crippen molar-refractivity contribution in [2.24, 2.45) is 0 Å². The summed E-state index contributed by atoms with van der Waals surface area (Å²) < 4.78 is 6.58. The first-order valence-electron chi connectivity index (χ1n) is 15.5. The molecule has 0 aliphatic rings. The van der Waals surface area contributed by atoms with Crippen LogP contribution in [0.4, 0.5) is 0 Å². The maximum atomic E-state index is 6.58. The summed E-state index contributed by atoms with van der Waals surface area (Å²) >= 11 is 0. The Balaban J connectivity index is 1.37. The molecular formula is C39H43N3O. The predicted molar refractivity (Wildman–Crippen MR) is 183 cm³/mol. The largest absolute Gasteiger partial charge is 0.493 e. The average Bonchev–Trinajstić information content (AvgIpc) is 3.46. The van der Waals surface area contributed by atoms with Gasteiger partial charge in [-0.05, 0) is 77.7 Å². The van der Waals surface area contributed by atoms with Gasteiger partial charge in [0.25, 0.3) is 0 Å². The first kappa shape index (κ1) is 30.1. The third-order valence-corrected chi connectivity index (χ3v) is 7.94. The third-order valence-electron chi connectivity index (χ3n) is 7.94. The molecule has 1 N–H and O–H groups in total. The Morgan fingerprint density at radius 3 is 2.44 bits per heavy atom. The maximum Gasteiger partial charge on any atom is 0.127 e. The van der Waals surface area contributed by atoms with E-state index in [-0.39, 0.29) is 0 Å². The van der Waals surface area contributed by atoms with E-state index in [9.17, 15) is 0 Å². The van der Waals surface area contributed by atoms with E-state index in [1.807, 2.05) is 24.5 Å². The Labute approximate surface area is 256 Å². The lowest BCUT2D eigenvalue weighted by Crippen LogP contribution is -2.25. The number of fused-ring (bicyclic) bond motifs is 1. The van der Waals surface area contributed by atoms with Gasteiger partial charge in [0.15, 0.2) is 0 Å². The summed E-state index contributed by atoms with van der Waals surface area (Å²) in [4.78, 5) is 10.3. The van der Waals surface area contributed by atoms with E-state index in [0.29, 0.717) is 6.61 Å². The highest BCUT2D eigenvalue weighted by Gasteiger charge is 2.14. The van der Waals surface area contributed by atoms with Crippen molar-refractivity contribution in [1.29, 1.82) is 0 Å². The summed E-state index contributed by atoms with van der Waals surface area (Å²) in [5.41, 5.74) is 8.27. The molecule has 0 aliphatic heterocycles. The molecule has 43 heavy (non-hydrogen) atoms. The number of allylic oxidation sites excluding steroid dienone is 1. The topological polar surface area (TPSA) is 41.1 Å². The molecule has 3 aromatic carbocycles. The number of H-pyrrole nitrogens is 1. The third kappa shape index (κ3) is 7.15. The molecule has 4 nitrogen and oxygen atoms in total. The lowest BCUT2D eigenvalue weighted by atomic mass is 9.99. The summed E-state index contributed by atoms with van der Waals surface area (Å²) in [5.74, 6) is 0.922. The monoisotopic (exact) mass is 569 g/mol. The number of aromatic nitrogens is 2. The molecule has 0 spiro atoms. The molecule has 2 heterocycles. The van der Waals surface area contributed by atoms with E-state index in [2.05, 4.69) is 121 Å². The molecule has 4 heteroatoms. The fourth-order valence-corrected chi connectivity index (χ4v) is 5.91. The van der Waals surface area contributed by atoms with Gasteiger partial charge >= 0.3 is 0 Å². The van der Waals surface area contributed by atoms with Crippen LogP contribution in [-0.4, -0.2) is 34.6 Å². The number of hydrogen-bond acceptors (Lipinski definition) is 3. The Kier molecular flexibility index (Phi) is 10.2. The standard InChI is InChI=1S/C39H43N3O/c1-5-10-31-11-9-12-34(33(31)8-4)32-16-13-29(14-17-32)20-24-43-39-25-30(28-42(22-6-2)23-7-3)15-18-35(39)36-27-41-38-19-21-40-26-37(36)38/h5,8-19,21,25-27,41H,1,6-7,20,22-24,28H2,2-4H3/b31-10-,33-8+. The summed E-state index contributed by atoms with van der Waals surface area (Å²) in [6, 6.07) is 24.0. The molecule has 0 saturated heterocycles. The molecule has 0 unspecified atom stereocenters. The van der Waals surface area contributed by atoms with Crippen molar-refractivity contribution in [2.45, 2.75) is 46.6 Å². The first-order valence-corrected chi connectivity index (χ1v) is 15.5. The van der Waals surface area contributed by atoms with Gasteiger partial charge in [-0.3, -0.25) is 9.88 Å². The number of hydrogen-bond donors (Lipinski definition) is 1. The minimum atomic E-state index is 0.599. The number of ether oxygens (including phenoxy) is 1. The summed E-state index contributed by atoms with van der Waals surface area (Å²) in [6.45, 7) is 14.2. The molecule has 220 valence electrons. The number of aromatic amines is 1. The van der Waals surface area contributed by atoms with Crippen LogP contribution in [0, 0.1) is 0 Å². The SMILES string of the molecule is C=C/C=c1/cccc(-c2ccc(CCOc3cc(CN(CCC)CCC)ccc3-c3c[nH]c4ccncc34)cc2)/c1=C/C. The van der Waals surface area contributed by atoms with Gasteiger partial charge in [0.05, 0.1) is 6.61 Å². The fraction of sp³-hybridized carbons (Fsp3) is 0.256. The normalized spacial score (nSPS) is 12.4. The molecule has 5 rings (SSSR count). The number of nitrogens with zero attached hydrogens (tertiary/aromatic N) is 2. The second kappa shape index (κ2) is 14.7. The number of nitrogens with one attached hydrogen (secondary N) is 1. The van der Waals surface area contributed by atoms with Crippen molar-refractivity contribution >= 4 is 23.1 Å². The Hall–Kier alpha value is -4.41. The molecule has 0 fully saturated rings. The lowest BCUT2D eigenvalue weighted by Gasteiger charge is -2.22. The smallest absolute Gasteiger partial charge is 0.127 e. The minimum Gasteiger partial charge on any atom is -0.493 e. The zero-order chi connectivity index (χ0) is 30.0. The van der Waals surface area contributed by atoms with Crippen LogP contribution in [0.1, 0.15) is 44.7 Å². The van der Waals surface area contributed by atoms with Gasteiger partial charge in [0.2, 0.25) is 0 Å². The Morgan fingerprint density at radius 2 is 1.70 bits per heavy atom. The molecule has 0 bridgehead atoms. The number of benzene rings is 3. The molecule has 0 aliphatic carbocycles. The van der Waals surface area contributed by atoms with Crippen molar-refractivity contribution in [3.8, 4) is 28.0 Å². The van der Waals surface area contributed by atoms with Crippen molar-refractivity contribution in [1.82, 2.24) is 14.9 Å². The van der Waals surface area contributed by atoms with Gasteiger partial charge < -0.3 is 9.72 Å². The summed E-state index contributed by atoms with van der Waals surface area (Å²) in [7, 11) is 0. The van der Waals surface area contributed by atoms with E-state index in [1.165, 1.54) is 32.7 Å². The van der Waals surface area contributed by atoms with Gasteiger partial charge in [0.1, 0.15) is 5.75 Å². The molecule has 0 amide bonds. The second-order valence-corrected chi connectivity index (χ2v) is 11.0. The van der Waals surface area contributed by atoms with Crippen LogP contribution in [0.25, 0.3) is 45.3 Å². The van der Waals surface area contributed by atoms with Gasteiger partial charge in [-0.1, -0.05) is 93.3 Å². The number of pyridine rings is 1. The Bertz CT molecular complexity index is 1780. The highest BCUT2D eigenvalue weighted by Crippen LogP contribution is 2.36. The average molecular weight is 570 g/mol. The van der Waals surface area contributed by atoms with Crippen LogP contribution in [0.3, 0.4) is 0 Å². The quantitative estimate of drug-likeness (QED) is 0.157. The van der Waals surface area contributed by atoms with Crippen LogP contribution in [0.15, 0.2) is 98.0 Å².